The van der Waals surface area contributed by atoms with Crippen molar-refractivity contribution in [3.8, 4) is 0 Å². The molecular formula is C13H16O5S. The van der Waals surface area contributed by atoms with Crippen LogP contribution in [0.5, 0.6) is 0 Å². The number of esters is 1. The van der Waals surface area contributed by atoms with Crippen LogP contribution in [0.4, 0.5) is 0 Å². The van der Waals surface area contributed by atoms with Crippen molar-refractivity contribution in [2.45, 2.75) is 43.1 Å². The van der Waals surface area contributed by atoms with E-state index in [4.69, 9.17) is 8.92 Å². The van der Waals surface area contributed by atoms with E-state index in [-0.39, 0.29) is 35.1 Å². The van der Waals surface area contributed by atoms with Gasteiger partial charge in [0.15, 0.2) is 0 Å². The Balaban J connectivity index is 1.72. The first-order valence-corrected chi connectivity index (χ1v) is 8.12. The monoisotopic (exact) mass is 284 g/mol. The second kappa shape index (κ2) is 3.23. The van der Waals surface area contributed by atoms with Gasteiger partial charge in [-0.15, -0.1) is 0 Å². The quantitative estimate of drug-likeness (QED) is 0.408. The molecule has 4 rings (SSSR count). The predicted octanol–water partition coefficient (Wildman–Crippen LogP) is 1.00. The molecule has 6 heteroatoms. The van der Waals surface area contributed by atoms with Gasteiger partial charge in [0.2, 0.25) is 0 Å². The lowest BCUT2D eigenvalue weighted by Crippen LogP contribution is -2.45. The molecule has 4 aliphatic rings. The maximum Gasteiger partial charge on any atom is 0.334 e. The number of cyclic esters (lactones) is 1. The molecule has 0 aromatic heterocycles. The van der Waals surface area contributed by atoms with E-state index in [0.29, 0.717) is 18.4 Å². The zero-order valence-electron chi connectivity index (χ0n) is 10.7. The van der Waals surface area contributed by atoms with Gasteiger partial charge in [-0.25, -0.2) is 4.79 Å². The molecule has 5 nitrogen and oxygen atoms in total. The van der Waals surface area contributed by atoms with Crippen molar-refractivity contribution in [1.82, 2.24) is 0 Å². The number of carbonyl (C=O) groups is 1. The maximum atomic E-state index is 11.9. The molecule has 0 amide bonds. The third-order valence-corrected chi connectivity index (χ3v) is 7.15. The minimum Gasteiger partial charge on any atom is -0.455 e. The van der Waals surface area contributed by atoms with Crippen molar-refractivity contribution in [2.24, 2.45) is 17.8 Å². The topological polar surface area (TPSA) is 69.7 Å². The maximum absolute atomic E-state index is 11.9. The summed E-state index contributed by atoms with van der Waals surface area (Å²) in [4.78, 5) is 11.6. The third-order valence-electron chi connectivity index (χ3n) is 5.37. The van der Waals surface area contributed by atoms with Crippen molar-refractivity contribution in [3.05, 3.63) is 12.2 Å². The van der Waals surface area contributed by atoms with Crippen LogP contribution in [0.2, 0.25) is 0 Å². The molecule has 6 atom stereocenters. The molecule has 19 heavy (non-hydrogen) atoms. The van der Waals surface area contributed by atoms with Gasteiger partial charge < -0.3 is 4.74 Å². The first-order valence-electron chi connectivity index (χ1n) is 6.65. The lowest BCUT2D eigenvalue weighted by atomic mass is 9.74. The molecule has 2 saturated heterocycles. The van der Waals surface area contributed by atoms with E-state index in [0.717, 1.165) is 6.42 Å². The molecule has 2 aliphatic heterocycles. The highest BCUT2D eigenvalue weighted by Crippen LogP contribution is 2.61. The molecule has 0 N–H and O–H groups in total. The van der Waals surface area contributed by atoms with E-state index in [1.165, 1.54) is 0 Å². The fourth-order valence-corrected chi connectivity index (χ4v) is 6.67. The molecule has 0 spiro atoms. The van der Waals surface area contributed by atoms with Crippen LogP contribution in [0.15, 0.2) is 12.2 Å². The Morgan fingerprint density at radius 1 is 1.37 bits per heavy atom. The van der Waals surface area contributed by atoms with Crippen LogP contribution in [0.1, 0.15) is 26.2 Å². The summed E-state index contributed by atoms with van der Waals surface area (Å²) in [5.41, 5.74) is -0.175. The molecule has 104 valence electrons. The van der Waals surface area contributed by atoms with Gasteiger partial charge in [-0.3, -0.25) is 4.18 Å². The Kier molecular flexibility index (Phi) is 2.02. The van der Waals surface area contributed by atoms with Gasteiger partial charge in [-0.2, -0.15) is 8.42 Å². The van der Waals surface area contributed by atoms with Crippen molar-refractivity contribution >= 4 is 16.1 Å². The van der Waals surface area contributed by atoms with Crippen LogP contribution in [0, 0.1) is 17.8 Å². The average molecular weight is 284 g/mol. The third kappa shape index (κ3) is 1.34. The highest BCUT2D eigenvalue weighted by atomic mass is 32.2. The molecule has 4 fully saturated rings. The molecule has 6 unspecified atom stereocenters. The van der Waals surface area contributed by atoms with Gasteiger partial charge >= 0.3 is 5.97 Å². The van der Waals surface area contributed by atoms with E-state index >= 15 is 0 Å². The predicted molar refractivity (Wildman–Crippen MR) is 65.5 cm³/mol. The summed E-state index contributed by atoms with van der Waals surface area (Å²) >= 11 is 0. The highest BCUT2D eigenvalue weighted by molar-refractivity contribution is 7.87. The van der Waals surface area contributed by atoms with Gasteiger partial charge in [-0.1, -0.05) is 6.58 Å². The van der Waals surface area contributed by atoms with Gasteiger partial charge in [0.25, 0.3) is 10.1 Å². The summed E-state index contributed by atoms with van der Waals surface area (Å²) in [5.74, 6) is -0.0118. The lowest BCUT2D eigenvalue weighted by molar-refractivity contribution is -0.154. The zero-order valence-corrected chi connectivity index (χ0v) is 11.5. The van der Waals surface area contributed by atoms with Gasteiger partial charge in [0.05, 0.1) is 11.4 Å². The smallest absolute Gasteiger partial charge is 0.334 e. The van der Waals surface area contributed by atoms with Crippen LogP contribution in [0.3, 0.4) is 0 Å². The number of hydrogen-bond donors (Lipinski definition) is 0. The standard InChI is InChI=1S/C13H16O5S/c1-6-5-13(2,17-12(6)14)10-7-3-8-9(4-7)19(15,16)18-11(8)10/h7-11H,1,3-5H2,2H3. The summed E-state index contributed by atoms with van der Waals surface area (Å²) in [7, 11) is -3.41. The van der Waals surface area contributed by atoms with E-state index in [2.05, 4.69) is 6.58 Å². The van der Waals surface area contributed by atoms with Crippen LogP contribution in [0.25, 0.3) is 0 Å². The van der Waals surface area contributed by atoms with Crippen molar-refractivity contribution in [2.75, 3.05) is 0 Å². The Hall–Kier alpha value is -0.880. The van der Waals surface area contributed by atoms with E-state index in [1.54, 1.807) is 0 Å². The number of hydrogen-bond acceptors (Lipinski definition) is 5. The molecule has 2 bridgehead atoms. The average Bonchev–Trinajstić information content (AvgIpc) is 2.93. The number of fused-ring (bicyclic) bond motifs is 1. The minimum absolute atomic E-state index is 0.0192. The molecule has 0 aromatic carbocycles. The number of rotatable bonds is 1. The van der Waals surface area contributed by atoms with Crippen LogP contribution >= 0.6 is 0 Å². The Morgan fingerprint density at radius 2 is 2.11 bits per heavy atom. The molecule has 2 saturated carbocycles. The minimum atomic E-state index is -3.41. The first-order chi connectivity index (χ1) is 8.82. The highest BCUT2D eigenvalue weighted by Gasteiger charge is 2.68. The SMILES string of the molecule is C=C1CC(C)(C2C3CC4C2OS(=O)(=O)C4C3)OC1=O. The van der Waals surface area contributed by atoms with Crippen LogP contribution < -0.4 is 0 Å². The fourth-order valence-electron chi connectivity index (χ4n) is 4.78. The Morgan fingerprint density at radius 3 is 2.74 bits per heavy atom. The first kappa shape index (κ1) is 11.9. The Labute approximate surface area is 112 Å². The van der Waals surface area contributed by atoms with Crippen molar-refractivity contribution in [3.63, 3.8) is 0 Å². The van der Waals surface area contributed by atoms with Crippen molar-refractivity contribution < 1.29 is 22.1 Å². The largest absolute Gasteiger partial charge is 0.455 e. The van der Waals surface area contributed by atoms with E-state index in [1.807, 2.05) is 6.92 Å². The molecular weight excluding hydrogens is 268 g/mol. The summed E-state index contributed by atoms with van der Waals surface area (Å²) in [6.45, 7) is 5.61. The Bertz CT molecular complexity index is 576. The lowest BCUT2D eigenvalue weighted by Gasteiger charge is -2.37. The summed E-state index contributed by atoms with van der Waals surface area (Å²) < 4.78 is 34.7. The van der Waals surface area contributed by atoms with Crippen LogP contribution in [-0.4, -0.2) is 31.3 Å². The van der Waals surface area contributed by atoms with Gasteiger partial charge in [0, 0.05) is 23.8 Å². The summed E-state index contributed by atoms with van der Waals surface area (Å²) in [6, 6.07) is 0. The zero-order chi connectivity index (χ0) is 13.6. The number of ether oxygens (including phenoxy) is 1. The fraction of sp³-hybridized carbons (Fsp3) is 0.769. The summed E-state index contributed by atoms with van der Waals surface area (Å²) in [6.07, 6.45) is 1.69. The van der Waals surface area contributed by atoms with E-state index in [9.17, 15) is 13.2 Å². The molecule has 2 heterocycles. The van der Waals surface area contributed by atoms with E-state index < -0.39 is 15.7 Å². The molecule has 0 aromatic rings. The molecule has 0 radical (unpaired) electrons. The summed E-state index contributed by atoms with van der Waals surface area (Å²) in [5, 5.41) is -0.331. The van der Waals surface area contributed by atoms with Gasteiger partial charge in [0.1, 0.15) is 5.60 Å². The molecule has 2 aliphatic carbocycles. The van der Waals surface area contributed by atoms with Crippen LogP contribution in [-0.2, 0) is 23.8 Å². The normalized spacial score (nSPS) is 53.8. The van der Waals surface area contributed by atoms with Gasteiger partial charge in [-0.05, 0) is 25.7 Å². The second-order valence-corrected chi connectivity index (χ2v) is 8.28. The van der Waals surface area contributed by atoms with Crippen molar-refractivity contribution in [1.29, 1.82) is 0 Å². The second-order valence-electron chi connectivity index (χ2n) is 6.50. The number of carbonyl (C=O) groups excluding carboxylic acids is 1.